The predicted molar refractivity (Wildman–Crippen MR) is 129 cm³/mol. The van der Waals surface area contributed by atoms with Crippen molar-refractivity contribution in [3.63, 3.8) is 0 Å². The highest BCUT2D eigenvalue weighted by atomic mass is 32.2. The summed E-state index contributed by atoms with van der Waals surface area (Å²) < 4.78 is 12.3. The number of fused-ring (bicyclic) bond motifs is 1. The number of carbonyl (C=O) groups is 1. The number of nitrogens with one attached hydrogen (secondary N) is 2. The van der Waals surface area contributed by atoms with Crippen molar-refractivity contribution < 1.29 is 14.3 Å². The zero-order valence-corrected chi connectivity index (χ0v) is 19.0. The van der Waals surface area contributed by atoms with Crippen LogP contribution in [0.4, 0.5) is 17.3 Å². The summed E-state index contributed by atoms with van der Waals surface area (Å²) in [5.74, 6) is 7.44. The van der Waals surface area contributed by atoms with Crippen LogP contribution in [0.2, 0.25) is 0 Å². The van der Waals surface area contributed by atoms with Crippen molar-refractivity contribution >= 4 is 41.2 Å². The van der Waals surface area contributed by atoms with Crippen molar-refractivity contribution in [3.05, 3.63) is 48.0 Å². The van der Waals surface area contributed by atoms with Gasteiger partial charge in [0.15, 0.2) is 11.5 Å². The Labute approximate surface area is 194 Å². The number of aromatic nitrogens is 3. The van der Waals surface area contributed by atoms with Crippen LogP contribution in [0.15, 0.2) is 52.7 Å². The van der Waals surface area contributed by atoms with E-state index in [4.69, 9.17) is 15.3 Å². The molecular weight excluding hydrogens is 444 g/mol. The third-order valence-electron chi connectivity index (χ3n) is 4.61. The number of anilines is 3. The number of ether oxygens (including phenoxy) is 2. The Morgan fingerprint density at radius 3 is 2.70 bits per heavy atom. The van der Waals surface area contributed by atoms with Gasteiger partial charge in [-0.15, -0.1) is 10.2 Å². The molecule has 33 heavy (non-hydrogen) atoms. The highest BCUT2D eigenvalue weighted by Gasteiger charge is 2.15. The molecule has 0 atom stereocenters. The van der Waals surface area contributed by atoms with E-state index in [0.717, 1.165) is 23.0 Å². The first-order valence-electron chi connectivity index (χ1n) is 10.1. The fourth-order valence-electron chi connectivity index (χ4n) is 2.92. The number of carbonyl (C=O) groups excluding carboxylic acids is 1. The standard InChI is InChI=1S/C21H24N8O3S/c1-28(2)16-6-3-14(4-7-16)12-23-25-20-26-27-21(29(20)22)33-13-19(30)24-15-5-8-17-18(11-15)32-10-9-31-17/h3-8,11-12H,9-10,13,22H2,1-2H3,(H,24,30)(H,25,26)/b23-12+. The summed E-state index contributed by atoms with van der Waals surface area (Å²) in [6, 6.07) is 13.2. The van der Waals surface area contributed by atoms with E-state index in [9.17, 15) is 4.79 Å². The summed E-state index contributed by atoms with van der Waals surface area (Å²) in [7, 11) is 3.97. The Kier molecular flexibility index (Phi) is 6.83. The number of thioether (sulfide) groups is 1. The van der Waals surface area contributed by atoms with Crippen LogP contribution in [-0.2, 0) is 4.79 Å². The van der Waals surface area contributed by atoms with Crippen LogP contribution < -0.4 is 31.0 Å². The van der Waals surface area contributed by atoms with Gasteiger partial charge < -0.3 is 25.5 Å². The molecule has 0 saturated heterocycles. The normalized spacial score (nSPS) is 12.5. The Bertz CT molecular complexity index is 1150. The Morgan fingerprint density at radius 2 is 1.94 bits per heavy atom. The van der Waals surface area contributed by atoms with E-state index in [1.807, 2.05) is 43.3 Å². The minimum absolute atomic E-state index is 0.102. The van der Waals surface area contributed by atoms with E-state index in [-0.39, 0.29) is 17.6 Å². The van der Waals surface area contributed by atoms with E-state index < -0.39 is 0 Å². The van der Waals surface area contributed by atoms with Gasteiger partial charge in [0.1, 0.15) is 13.2 Å². The van der Waals surface area contributed by atoms with Crippen molar-refractivity contribution in [1.29, 1.82) is 0 Å². The number of rotatable bonds is 8. The quantitative estimate of drug-likeness (QED) is 0.197. The lowest BCUT2D eigenvalue weighted by molar-refractivity contribution is -0.113. The van der Waals surface area contributed by atoms with Gasteiger partial charge in [-0.25, -0.2) is 10.1 Å². The summed E-state index contributed by atoms with van der Waals surface area (Å²) in [5, 5.41) is 15.3. The summed E-state index contributed by atoms with van der Waals surface area (Å²) in [4.78, 5) is 14.3. The number of hydrogen-bond acceptors (Lipinski definition) is 10. The minimum Gasteiger partial charge on any atom is -0.486 e. The molecule has 0 unspecified atom stereocenters. The van der Waals surface area contributed by atoms with Crippen molar-refractivity contribution in [3.8, 4) is 11.5 Å². The van der Waals surface area contributed by atoms with E-state index in [2.05, 4.69) is 26.0 Å². The predicted octanol–water partition coefficient (Wildman–Crippen LogP) is 2.01. The highest BCUT2D eigenvalue weighted by molar-refractivity contribution is 7.99. The molecule has 4 N–H and O–H groups in total. The molecule has 3 aromatic rings. The van der Waals surface area contributed by atoms with Crippen LogP contribution in [-0.4, -0.2) is 60.1 Å². The molecule has 1 aromatic heterocycles. The molecule has 0 bridgehead atoms. The summed E-state index contributed by atoms with van der Waals surface area (Å²) in [6.07, 6.45) is 1.65. The second-order valence-electron chi connectivity index (χ2n) is 7.23. The van der Waals surface area contributed by atoms with Gasteiger partial charge in [-0.05, 0) is 29.8 Å². The maximum Gasteiger partial charge on any atom is 0.264 e. The highest BCUT2D eigenvalue weighted by Crippen LogP contribution is 2.32. The van der Waals surface area contributed by atoms with Crippen molar-refractivity contribution in [2.45, 2.75) is 5.16 Å². The van der Waals surface area contributed by atoms with Gasteiger partial charge in [-0.2, -0.15) is 5.10 Å². The Morgan fingerprint density at radius 1 is 1.18 bits per heavy atom. The smallest absolute Gasteiger partial charge is 0.264 e. The second-order valence-corrected chi connectivity index (χ2v) is 8.17. The molecule has 1 aliphatic heterocycles. The first-order chi connectivity index (χ1) is 16.0. The molecule has 1 amide bonds. The van der Waals surface area contributed by atoms with Gasteiger partial charge in [0.25, 0.3) is 5.95 Å². The van der Waals surface area contributed by atoms with Crippen LogP contribution in [0, 0.1) is 0 Å². The number of benzene rings is 2. The zero-order valence-electron chi connectivity index (χ0n) is 18.2. The molecule has 2 aromatic carbocycles. The number of nitrogens with zero attached hydrogens (tertiary/aromatic N) is 5. The molecule has 11 nitrogen and oxygen atoms in total. The molecule has 0 spiro atoms. The summed E-state index contributed by atoms with van der Waals surface area (Å²) >= 11 is 1.16. The van der Waals surface area contributed by atoms with Crippen LogP contribution in [0.25, 0.3) is 0 Å². The number of hydrogen-bond donors (Lipinski definition) is 3. The van der Waals surface area contributed by atoms with E-state index >= 15 is 0 Å². The molecule has 0 radical (unpaired) electrons. The maximum absolute atomic E-state index is 12.3. The largest absolute Gasteiger partial charge is 0.486 e. The topological polar surface area (TPSA) is 132 Å². The molecule has 172 valence electrons. The van der Waals surface area contributed by atoms with E-state index in [1.54, 1.807) is 24.4 Å². The number of amides is 1. The van der Waals surface area contributed by atoms with Crippen molar-refractivity contribution in [1.82, 2.24) is 14.9 Å². The Hall–Kier alpha value is -3.93. The van der Waals surface area contributed by atoms with Gasteiger partial charge >= 0.3 is 0 Å². The molecule has 0 saturated carbocycles. The lowest BCUT2D eigenvalue weighted by Gasteiger charge is -2.18. The third kappa shape index (κ3) is 5.66. The van der Waals surface area contributed by atoms with Crippen molar-refractivity contribution in [2.24, 2.45) is 5.10 Å². The number of nitrogens with two attached hydrogens (primary N) is 1. The van der Waals surface area contributed by atoms with Gasteiger partial charge in [-0.1, -0.05) is 23.9 Å². The lowest BCUT2D eigenvalue weighted by atomic mass is 10.2. The number of hydrazone groups is 1. The zero-order chi connectivity index (χ0) is 23.2. The van der Waals surface area contributed by atoms with Crippen LogP contribution in [0.3, 0.4) is 0 Å². The van der Waals surface area contributed by atoms with E-state index in [1.165, 1.54) is 4.68 Å². The van der Waals surface area contributed by atoms with Crippen LogP contribution >= 0.6 is 11.8 Å². The van der Waals surface area contributed by atoms with Crippen molar-refractivity contribution in [2.75, 3.05) is 54.5 Å². The van der Waals surface area contributed by atoms with Gasteiger partial charge in [0, 0.05) is 31.5 Å². The minimum atomic E-state index is -0.214. The molecule has 0 aliphatic carbocycles. The molecule has 12 heteroatoms. The van der Waals surface area contributed by atoms with Gasteiger partial charge in [-0.3, -0.25) is 4.79 Å². The third-order valence-corrected chi connectivity index (χ3v) is 5.55. The monoisotopic (exact) mass is 468 g/mol. The number of nitrogen functional groups attached to an aromatic ring is 1. The lowest BCUT2D eigenvalue weighted by Crippen LogP contribution is -2.18. The first-order valence-corrected chi connectivity index (χ1v) is 11.1. The van der Waals surface area contributed by atoms with Gasteiger partial charge in [0.2, 0.25) is 11.1 Å². The average Bonchev–Trinajstić information content (AvgIpc) is 3.17. The fraction of sp³-hybridized carbons (Fsp3) is 0.238. The first kappa shape index (κ1) is 22.3. The SMILES string of the molecule is CN(C)c1ccc(/C=N/Nc2nnc(SCC(=O)Nc3ccc4c(c3)OCCO4)n2N)cc1. The average molecular weight is 469 g/mol. The fourth-order valence-corrected chi connectivity index (χ4v) is 3.58. The molecule has 2 heterocycles. The second kappa shape index (κ2) is 10.1. The molecule has 1 aliphatic rings. The maximum atomic E-state index is 12.3. The van der Waals surface area contributed by atoms with Gasteiger partial charge in [0.05, 0.1) is 12.0 Å². The van der Waals surface area contributed by atoms with E-state index in [0.29, 0.717) is 35.6 Å². The van der Waals surface area contributed by atoms with Crippen LogP contribution in [0.5, 0.6) is 11.5 Å². The summed E-state index contributed by atoms with van der Waals surface area (Å²) in [5.41, 5.74) is 5.40. The molecule has 0 fully saturated rings. The summed E-state index contributed by atoms with van der Waals surface area (Å²) in [6.45, 7) is 0.997. The molecule has 4 rings (SSSR count). The molecular formula is C21H24N8O3S. The van der Waals surface area contributed by atoms with Crippen LogP contribution in [0.1, 0.15) is 5.56 Å². The Balaban J connectivity index is 1.28.